The second-order valence-electron chi connectivity index (χ2n) is 7.81. The minimum atomic E-state index is 0.606. The van der Waals surface area contributed by atoms with Gasteiger partial charge in [0.15, 0.2) is 11.6 Å². The van der Waals surface area contributed by atoms with Gasteiger partial charge in [-0.3, -0.25) is 0 Å². The molecule has 6 rings (SSSR count). The van der Waals surface area contributed by atoms with Crippen molar-refractivity contribution in [2.75, 3.05) is 26.3 Å². The Balaban J connectivity index is 1.45. The maximum absolute atomic E-state index is 5.49. The fourth-order valence-corrected chi connectivity index (χ4v) is 5.59. The van der Waals surface area contributed by atoms with Crippen LogP contribution >= 0.6 is 11.3 Å². The van der Waals surface area contributed by atoms with Gasteiger partial charge in [-0.2, -0.15) is 0 Å². The number of quaternary nitrogens is 1. The lowest BCUT2D eigenvalue weighted by Gasteiger charge is -2.23. The van der Waals surface area contributed by atoms with Crippen LogP contribution in [0, 0.1) is 0 Å². The van der Waals surface area contributed by atoms with Gasteiger partial charge in [0, 0.05) is 10.4 Å². The molecule has 1 aromatic carbocycles. The highest BCUT2D eigenvalue weighted by Gasteiger charge is 2.26. The van der Waals surface area contributed by atoms with Gasteiger partial charge < -0.3 is 9.64 Å². The first-order valence-corrected chi connectivity index (χ1v) is 11.2. The second-order valence-corrected chi connectivity index (χ2v) is 8.89. The summed E-state index contributed by atoms with van der Waals surface area (Å²) >= 11 is 1.80. The number of ether oxygens (including phenoxy) is 1. The second kappa shape index (κ2) is 7.50. The maximum Gasteiger partial charge on any atom is 0.205 e. The zero-order chi connectivity index (χ0) is 19.9. The molecular weight excluding hydrogens is 398 g/mol. The highest BCUT2D eigenvalue weighted by Crippen LogP contribution is 2.38. The molecule has 4 heterocycles. The molecule has 3 aromatic heterocycles. The summed E-state index contributed by atoms with van der Waals surface area (Å²) in [4.78, 5) is 15.4. The number of hydrogen-bond donors (Lipinski definition) is 1. The summed E-state index contributed by atoms with van der Waals surface area (Å²) in [6.07, 6.45) is 3.39. The first kappa shape index (κ1) is 18.1. The monoisotopic (exact) mass is 420 g/mol. The molecule has 4 aromatic rings. The SMILES string of the molecule is c1ccc(-c2nnn(-c3nc(C[NH+]4CCOCC4)nc4sc5c(c34)CCC5)n2)cc1. The number of rotatable bonds is 4. The number of hydrogen-bond acceptors (Lipinski definition) is 7. The summed E-state index contributed by atoms with van der Waals surface area (Å²) in [5.74, 6) is 2.21. The Morgan fingerprint density at radius 3 is 2.80 bits per heavy atom. The van der Waals surface area contributed by atoms with Crippen LogP contribution in [0.1, 0.15) is 22.7 Å². The minimum absolute atomic E-state index is 0.606. The standard InChI is InChI=1S/C21H21N7OS/c1-2-5-14(6-3-1)19-24-26-28(25-19)20-18-15-7-4-8-16(15)30-21(18)23-17(22-20)13-27-9-11-29-12-10-27/h1-3,5-6H,4,7-13H2/p+1. The highest BCUT2D eigenvalue weighted by atomic mass is 32.1. The maximum atomic E-state index is 5.49. The van der Waals surface area contributed by atoms with Gasteiger partial charge in [-0.25, -0.2) is 9.97 Å². The highest BCUT2D eigenvalue weighted by molar-refractivity contribution is 7.19. The van der Waals surface area contributed by atoms with E-state index in [1.54, 1.807) is 16.1 Å². The van der Waals surface area contributed by atoms with Crippen LogP contribution in [0.3, 0.4) is 0 Å². The summed E-state index contributed by atoms with van der Waals surface area (Å²) in [5.41, 5.74) is 2.32. The van der Waals surface area contributed by atoms with E-state index in [0.717, 1.165) is 73.1 Å². The number of benzene rings is 1. The summed E-state index contributed by atoms with van der Waals surface area (Å²) in [6, 6.07) is 9.93. The molecule has 8 nitrogen and oxygen atoms in total. The quantitative estimate of drug-likeness (QED) is 0.535. The van der Waals surface area contributed by atoms with E-state index in [9.17, 15) is 0 Å². The van der Waals surface area contributed by atoms with Gasteiger partial charge in [0.2, 0.25) is 5.82 Å². The van der Waals surface area contributed by atoms with Gasteiger partial charge in [-0.15, -0.1) is 26.3 Å². The van der Waals surface area contributed by atoms with Crippen LogP contribution in [0.2, 0.25) is 0 Å². The fraction of sp³-hybridized carbons (Fsp3) is 0.381. The van der Waals surface area contributed by atoms with Gasteiger partial charge in [-0.1, -0.05) is 30.3 Å². The van der Waals surface area contributed by atoms with Crippen LogP contribution in [0.15, 0.2) is 30.3 Å². The molecule has 0 unspecified atom stereocenters. The molecule has 0 radical (unpaired) electrons. The van der Waals surface area contributed by atoms with Crippen LogP contribution < -0.4 is 4.90 Å². The van der Waals surface area contributed by atoms with Crippen molar-refractivity contribution in [2.24, 2.45) is 0 Å². The summed E-state index contributed by atoms with van der Waals surface area (Å²) in [7, 11) is 0. The van der Waals surface area contributed by atoms with Gasteiger partial charge in [-0.05, 0) is 30.0 Å². The molecular formula is C21H22N7OS+. The first-order chi connectivity index (χ1) is 14.8. The number of nitrogens with zero attached hydrogens (tertiary/aromatic N) is 6. The van der Waals surface area contributed by atoms with Crippen LogP contribution in [-0.4, -0.2) is 56.5 Å². The van der Waals surface area contributed by atoms with Crippen molar-refractivity contribution in [3.8, 4) is 17.2 Å². The molecule has 1 aliphatic heterocycles. The Morgan fingerprint density at radius 2 is 1.93 bits per heavy atom. The molecule has 0 atom stereocenters. The Bertz CT molecular complexity index is 1200. The number of tetrazole rings is 1. The Kier molecular flexibility index (Phi) is 4.51. The van der Waals surface area contributed by atoms with Crippen LogP contribution in [0.4, 0.5) is 0 Å². The fourth-order valence-electron chi connectivity index (χ4n) is 4.31. The number of nitrogens with one attached hydrogen (secondary N) is 1. The minimum Gasteiger partial charge on any atom is -0.370 e. The summed E-state index contributed by atoms with van der Waals surface area (Å²) in [6.45, 7) is 4.34. The molecule has 9 heteroatoms. The predicted octanol–water partition coefficient (Wildman–Crippen LogP) is 1.24. The van der Waals surface area contributed by atoms with Crippen molar-refractivity contribution in [1.29, 1.82) is 0 Å². The number of fused-ring (bicyclic) bond motifs is 3. The zero-order valence-electron chi connectivity index (χ0n) is 16.5. The van der Waals surface area contributed by atoms with E-state index in [2.05, 4.69) is 15.4 Å². The molecule has 0 saturated carbocycles. The van der Waals surface area contributed by atoms with Crippen molar-refractivity contribution in [3.05, 3.63) is 46.6 Å². The Hall–Kier alpha value is -2.75. The van der Waals surface area contributed by atoms with Crippen molar-refractivity contribution in [2.45, 2.75) is 25.8 Å². The molecule has 1 fully saturated rings. The molecule has 0 amide bonds. The van der Waals surface area contributed by atoms with E-state index in [0.29, 0.717) is 5.82 Å². The van der Waals surface area contributed by atoms with Gasteiger partial charge >= 0.3 is 0 Å². The van der Waals surface area contributed by atoms with Gasteiger partial charge in [0.1, 0.15) is 24.5 Å². The van der Waals surface area contributed by atoms with Crippen molar-refractivity contribution >= 4 is 21.6 Å². The van der Waals surface area contributed by atoms with E-state index < -0.39 is 0 Å². The molecule has 1 saturated heterocycles. The molecule has 1 aliphatic carbocycles. The summed E-state index contributed by atoms with van der Waals surface area (Å²) < 4.78 is 5.49. The predicted molar refractivity (Wildman–Crippen MR) is 113 cm³/mol. The number of morpholine rings is 1. The number of aromatic nitrogens is 6. The zero-order valence-corrected chi connectivity index (χ0v) is 17.4. The van der Waals surface area contributed by atoms with Crippen LogP contribution in [0.25, 0.3) is 27.4 Å². The van der Waals surface area contributed by atoms with E-state index in [1.165, 1.54) is 21.8 Å². The third kappa shape index (κ3) is 3.19. The topological polar surface area (TPSA) is 83.0 Å². The normalized spacial score (nSPS) is 16.9. The van der Waals surface area contributed by atoms with Crippen molar-refractivity contribution in [1.82, 2.24) is 30.2 Å². The average molecular weight is 421 g/mol. The molecule has 1 N–H and O–H groups in total. The van der Waals surface area contributed by atoms with E-state index >= 15 is 0 Å². The smallest absolute Gasteiger partial charge is 0.205 e. The largest absolute Gasteiger partial charge is 0.370 e. The average Bonchev–Trinajstić information content (AvgIpc) is 3.51. The Morgan fingerprint density at radius 1 is 1.07 bits per heavy atom. The molecule has 2 aliphatic rings. The lowest BCUT2D eigenvalue weighted by Crippen LogP contribution is -3.12. The molecule has 0 bridgehead atoms. The lowest BCUT2D eigenvalue weighted by molar-refractivity contribution is -0.922. The number of aryl methyl sites for hydroxylation is 2. The van der Waals surface area contributed by atoms with Crippen LogP contribution in [0.5, 0.6) is 0 Å². The van der Waals surface area contributed by atoms with Crippen LogP contribution in [-0.2, 0) is 24.1 Å². The summed E-state index contributed by atoms with van der Waals surface area (Å²) in [5, 5.41) is 14.4. The number of thiophene rings is 1. The molecule has 152 valence electrons. The third-order valence-electron chi connectivity index (χ3n) is 5.83. The first-order valence-electron chi connectivity index (χ1n) is 10.4. The third-order valence-corrected chi connectivity index (χ3v) is 7.02. The lowest BCUT2D eigenvalue weighted by atomic mass is 10.2. The Labute approximate surface area is 177 Å². The van der Waals surface area contributed by atoms with Gasteiger partial charge in [0.05, 0.1) is 18.6 Å². The van der Waals surface area contributed by atoms with Gasteiger partial charge in [0.25, 0.3) is 0 Å². The van der Waals surface area contributed by atoms with Crippen molar-refractivity contribution < 1.29 is 9.64 Å². The molecule has 0 spiro atoms. The van der Waals surface area contributed by atoms with E-state index in [4.69, 9.17) is 14.7 Å². The molecule has 30 heavy (non-hydrogen) atoms. The van der Waals surface area contributed by atoms with E-state index in [1.807, 2.05) is 30.3 Å². The van der Waals surface area contributed by atoms with E-state index in [-0.39, 0.29) is 0 Å². The van der Waals surface area contributed by atoms with Crippen molar-refractivity contribution in [3.63, 3.8) is 0 Å².